The zero-order valence-corrected chi connectivity index (χ0v) is 11.5. The molecule has 1 aliphatic rings. The molecule has 1 aromatic heterocycles. The maximum Gasteiger partial charge on any atom is 0.282 e. The summed E-state index contributed by atoms with van der Waals surface area (Å²) in [6.45, 7) is 0.632. The van der Waals surface area contributed by atoms with Crippen molar-refractivity contribution in [2.24, 2.45) is 0 Å². The van der Waals surface area contributed by atoms with Gasteiger partial charge in [0.1, 0.15) is 0 Å². The Hall–Kier alpha value is -2.35. The molecule has 0 bridgehead atoms. The highest BCUT2D eigenvalue weighted by molar-refractivity contribution is 7.17. The summed E-state index contributed by atoms with van der Waals surface area (Å²) in [6, 6.07) is 5.56. The third-order valence-electron chi connectivity index (χ3n) is 2.72. The van der Waals surface area contributed by atoms with Crippen LogP contribution in [-0.2, 0) is 6.54 Å². The fraction of sp³-hybridized carbons (Fsp3) is 0.250. The quantitative estimate of drug-likeness (QED) is 0.882. The van der Waals surface area contributed by atoms with Gasteiger partial charge in [-0.15, -0.1) is 10.2 Å². The molecule has 1 amide bonds. The number of hydrogen-bond acceptors (Lipinski definition) is 7. The molecule has 104 valence electrons. The fourth-order valence-electron chi connectivity index (χ4n) is 1.72. The van der Waals surface area contributed by atoms with E-state index in [2.05, 4.69) is 20.8 Å². The normalized spacial score (nSPS) is 12.2. The van der Waals surface area contributed by atoms with Crippen LogP contribution < -0.4 is 20.1 Å². The highest BCUT2D eigenvalue weighted by Gasteiger charge is 2.15. The maximum absolute atomic E-state index is 11.9. The van der Waals surface area contributed by atoms with Gasteiger partial charge in [0, 0.05) is 13.6 Å². The van der Waals surface area contributed by atoms with E-state index >= 15 is 0 Å². The topological polar surface area (TPSA) is 85.4 Å². The first kappa shape index (κ1) is 12.7. The number of benzene rings is 1. The SMILES string of the molecule is CNc1nnc(C(=O)NCc2ccc3c(c2)OCO3)s1. The van der Waals surface area contributed by atoms with Gasteiger partial charge >= 0.3 is 0 Å². The number of hydrogen-bond donors (Lipinski definition) is 2. The van der Waals surface area contributed by atoms with E-state index in [1.54, 1.807) is 7.05 Å². The van der Waals surface area contributed by atoms with Crippen LogP contribution in [-0.4, -0.2) is 29.9 Å². The van der Waals surface area contributed by atoms with Crippen LogP contribution in [0.1, 0.15) is 15.4 Å². The summed E-state index contributed by atoms with van der Waals surface area (Å²) in [5.41, 5.74) is 0.931. The summed E-state index contributed by atoms with van der Waals surface area (Å²) in [5.74, 6) is 1.18. The smallest absolute Gasteiger partial charge is 0.282 e. The summed E-state index contributed by atoms with van der Waals surface area (Å²) in [6.07, 6.45) is 0. The molecular weight excluding hydrogens is 280 g/mol. The van der Waals surface area contributed by atoms with Gasteiger partial charge in [-0.25, -0.2) is 0 Å². The van der Waals surface area contributed by atoms with Crippen LogP contribution in [0, 0.1) is 0 Å². The minimum absolute atomic E-state index is 0.239. The monoisotopic (exact) mass is 292 g/mol. The predicted molar refractivity (Wildman–Crippen MR) is 73.2 cm³/mol. The van der Waals surface area contributed by atoms with Gasteiger partial charge in [-0.05, 0) is 17.7 Å². The zero-order valence-electron chi connectivity index (χ0n) is 10.7. The van der Waals surface area contributed by atoms with Crippen molar-refractivity contribution in [3.63, 3.8) is 0 Å². The number of nitrogens with zero attached hydrogens (tertiary/aromatic N) is 2. The Morgan fingerprint density at radius 2 is 2.20 bits per heavy atom. The van der Waals surface area contributed by atoms with Gasteiger partial charge in [-0.1, -0.05) is 17.4 Å². The number of aromatic nitrogens is 2. The van der Waals surface area contributed by atoms with E-state index in [-0.39, 0.29) is 12.7 Å². The molecule has 2 heterocycles. The van der Waals surface area contributed by atoms with Crippen LogP contribution in [0.3, 0.4) is 0 Å². The number of rotatable bonds is 4. The van der Waals surface area contributed by atoms with Crippen molar-refractivity contribution in [2.75, 3.05) is 19.2 Å². The first-order valence-electron chi connectivity index (χ1n) is 5.94. The van der Waals surface area contributed by atoms with E-state index in [1.165, 1.54) is 11.3 Å². The summed E-state index contributed by atoms with van der Waals surface area (Å²) in [7, 11) is 1.73. The average molecular weight is 292 g/mol. The van der Waals surface area contributed by atoms with Gasteiger partial charge in [0.15, 0.2) is 11.5 Å². The first-order chi connectivity index (χ1) is 9.76. The molecule has 8 heteroatoms. The van der Waals surface area contributed by atoms with Gasteiger partial charge in [0.25, 0.3) is 5.91 Å². The molecule has 0 fully saturated rings. The van der Waals surface area contributed by atoms with Crippen molar-refractivity contribution in [3.05, 3.63) is 28.8 Å². The summed E-state index contributed by atoms with van der Waals surface area (Å²) < 4.78 is 10.5. The van der Waals surface area contributed by atoms with Crippen molar-refractivity contribution in [2.45, 2.75) is 6.54 Å². The van der Waals surface area contributed by atoms with Crippen LogP contribution in [0.25, 0.3) is 0 Å². The zero-order chi connectivity index (χ0) is 13.9. The maximum atomic E-state index is 11.9. The lowest BCUT2D eigenvalue weighted by molar-refractivity contribution is 0.0949. The summed E-state index contributed by atoms with van der Waals surface area (Å²) in [4.78, 5) is 11.9. The van der Waals surface area contributed by atoms with Gasteiger partial charge < -0.3 is 20.1 Å². The molecular formula is C12H12N4O3S. The van der Waals surface area contributed by atoms with E-state index in [0.29, 0.717) is 22.4 Å². The minimum atomic E-state index is -0.248. The lowest BCUT2D eigenvalue weighted by atomic mass is 10.2. The Morgan fingerprint density at radius 1 is 1.35 bits per heavy atom. The molecule has 0 atom stereocenters. The summed E-state index contributed by atoms with van der Waals surface area (Å²) >= 11 is 1.21. The van der Waals surface area contributed by atoms with Gasteiger partial charge in [-0.2, -0.15) is 0 Å². The standard InChI is InChI=1S/C12H12N4O3S/c1-13-12-16-15-11(20-12)10(17)14-5-7-2-3-8-9(4-7)19-6-18-8/h2-4H,5-6H2,1H3,(H,13,16)(H,14,17). The van der Waals surface area contributed by atoms with Crippen molar-refractivity contribution < 1.29 is 14.3 Å². The molecule has 0 saturated carbocycles. The second-order valence-corrected chi connectivity index (χ2v) is 5.01. The number of nitrogens with one attached hydrogen (secondary N) is 2. The van der Waals surface area contributed by atoms with Crippen molar-refractivity contribution >= 4 is 22.4 Å². The van der Waals surface area contributed by atoms with Gasteiger partial charge in [0.05, 0.1) is 0 Å². The molecule has 2 N–H and O–H groups in total. The molecule has 1 aliphatic heterocycles. The molecule has 2 aromatic rings. The number of amides is 1. The number of fused-ring (bicyclic) bond motifs is 1. The Balaban J connectivity index is 1.63. The Bertz CT molecular complexity index is 643. The fourth-order valence-corrected chi connectivity index (χ4v) is 2.34. The van der Waals surface area contributed by atoms with Crippen LogP contribution >= 0.6 is 11.3 Å². The molecule has 3 rings (SSSR count). The molecule has 0 spiro atoms. The number of anilines is 1. The predicted octanol–water partition coefficient (Wildman–Crippen LogP) is 1.24. The second-order valence-electron chi connectivity index (χ2n) is 4.03. The highest BCUT2D eigenvalue weighted by Crippen LogP contribution is 2.32. The Morgan fingerprint density at radius 3 is 3.00 bits per heavy atom. The molecule has 0 aliphatic carbocycles. The molecule has 20 heavy (non-hydrogen) atoms. The number of ether oxygens (including phenoxy) is 2. The molecule has 1 aromatic carbocycles. The molecule has 7 nitrogen and oxygen atoms in total. The van der Waals surface area contributed by atoms with E-state index in [9.17, 15) is 4.79 Å². The third kappa shape index (κ3) is 2.50. The average Bonchev–Trinajstić information content (AvgIpc) is 3.12. The van der Waals surface area contributed by atoms with Crippen molar-refractivity contribution in [1.29, 1.82) is 0 Å². The van der Waals surface area contributed by atoms with Crippen LogP contribution in [0.5, 0.6) is 11.5 Å². The lowest BCUT2D eigenvalue weighted by Gasteiger charge is -2.04. The van der Waals surface area contributed by atoms with Crippen molar-refractivity contribution in [3.8, 4) is 11.5 Å². The third-order valence-corrected chi connectivity index (χ3v) is 3.66. The van der Waals surface area contributed by atoms with Gasteiger partial charge in [-0.3, -0.25) is 4.79 Å². The molecule has 0 unspecified atom stereocenters. The Kier molecular flexibility index (Phi) is 3.38. The van der Waals surface area contributed by atoms with Crippen LogP contribution in [0.4, 0.5) is 5.13 Å². The van der Waals surface area contributed by atoms with E-state index in [0.717, 1.165) is 11.3 Å². The van der Waals surface area contributed by atoms with Gasteiger partial charge in [0.2, 0.25) is 16.9 Å². The molecule has 0 saturated heterocycles. The van der Waals surface area contributed by atoms with Crippen LogP contribution in [0.2, 0.25) is 0 Å². The van der Waals surface area contributed by atoms with E-state index in [1.807, 2.05) is 18.2 Å². The van der Waals surface area contributed by atoms with E-state index < -0.39 is 0 Å². The molecule has 0 radical (unpaired) electrons. The highest BCUT2D eigenvalue weighted by atomic mass is 32.1. The van der Waals surface area contributed by atoms with Crippen LogP contribution in [0.15, 0.2) is 18.2 Å². The minimum Gasteiger partial charge on any atom is -0.454 e. The Labute approximate surface area is 118 Å². The van der Waals surface area contributed by atoms with E-state index in [4.69, 9.17) is 9.47 Å². The second kappa shape index (κ2) is 5.33. The number of carbonyl (C=O) groups is 1. The lowest BCUT2D eigenvalue weighted by Crippen LogP contribution is -2.22. The summed E-state index contributed by atoms with van der Waals surface area (Å²) in [5, 5.41) is 14.2. The first-order valence-corrected chi connectivity index (χ1v) is 6.76. The largest absolute Gasteiger partial charge is 0.454 e. The van der Waals surface area contributed by atoms with Crippen molar-refractivity contribution in [1.82, 2.24) is 15.5 Å². The number of carbonyl (C=O) groups excluding carboxylic acids is 1.